The van der Waals surface area contributed by atoms with Gasteiger partial charge in [0, 0.05) is 6.42 Å². The van der Waals surface area contributed by atoms with Gasteiger partial charge in [-0.05, 0) is 25.2 Å². The van der Waals surface area contributed by atoms with E-state index in [2.05, 4.69) is 13.8 Å². The van der Waals surface area contributed by atoms with Gasteiger partial charge in [-0.15, -0.1) is 0 Å². The lowest BCUT2D eigenvalue weighted by atomic mass is 9.65. The molecule has 0 amide bonds. The minimum absolute atomic E-state index is 0.0494. The highest BCUT2D eigenvalue weighted by Crippen LogP contribution is 2.43. The first-order chi connectivity index (χ1) is 4.85. The van der Waals surface area contributed by atoms with Crippen LogP contribution in [0, 0.1) is 5.41 Å². The first kappa shape index (κ1) is 9.01. The van der Waals surface area contributed by atoms with Crippen LogP contribution in [0.3, 0.4) is 0 Å². The van der Waals surface area contributed by atoms with E-state index in [0.717, 1.165) is 12.8 Å². The Hall–Kier alpha value is -0.0800. The Kier molecular flexibility index (Phi) is 2.01. The molecule has 11 heavy (non-hydrogen) atoms. The van der Waals surface area contributed by atoms with Crippen molar-refractivity contribution in [3.05, 3.63) is 0 Å². The number of aliphatic hydroxyl groups is 2. The lowest BCUT2D eigenvalue weighted by Crippen LogP contribution is -2.48. The fraction of sp³-hybridized carbons (Fsp3) is 1.00. The Labute approximate surface area is 68.2 Å². The quantitative estimate of drug-likeness (QED) is 0.558. The van der Waals surface area contributed by atoms with Crippen LogP contribution < -0.4 is 0 Å². The Morgan fingerprint density at radius 3 is 2.18 bits per heavy atom. The molecule has 0 bridgehead atoms. The van der Waals surface area contributed by atoms with Crippen molar-refractivity contribution in [2.75, 3.05) is 0 Å². The standard InChI is InChI=1S/C9H18O2/c1-8(2)5-4-7(10)6-9(8,3)11/h7,10-11H,4-6H2,1-3H3/t7-,9-/m0/s1. The average molecular weight is 158 g/mol. The molecule has 0 spiro atoms. The first-order valence-electron chi connectivity index (χ1n) is 4.26. The van der Waals surface area contributed by atoms with Crippen molar-refractivity contribution in [2.24, 2.45) is 5.41 Å². The maximum Gasteiger partial charge on any atom is 0.0695 e. The van der Waals surface area contributed by atoms with Crippen LogP contribution >= 0.6 is 0 Å². The van der Waals surface area contributed by atoms with Gasteiger partial charge in [-0.25, -0.2) is 0 Å². The molecule has 1 rings (SSSR count). The van der Waals surface area contributed by atoms with Gasteiger partial charge in [0.25, 0.3) is 0 Å². The monoisotopic (exact) mass is 158 g/mol. The van der Waals surface area contributed by atoms with E-state index < -0.39 is 5.60 Å². The lowest BCUT2D eigenvalue weighted by molar-refractivity contribution is -0.116. The van der Waals surface area contributed by atoms with E-state index in [4.69, 9.17) is 0 Å². The second-order valence-electron chi connectivity index (χ2n) is 4.55. The Morgan fingerprint density at radius 1 is 1.27 bits per heavy atom. The summed E-state index contributed by atoms with van der Waals surface area (Å²) in [6.07, 6.45) is 1.93. The minimum atomic E-state index is -0.704. The molecule has 0 aromatic heterocycles. The molecule has 1 fully saturated rings. The largest absolute Gasteiger partial charge is 0.393 e. The fourth-order valence-electron chi connectivity index (χ4n) is 1.63. The molecule has 0 aromatic carbocycles. The van der Waals surface area contributed by atoms with Gasteiger partial charge in [0.1, 0.15) is 0 Å². The molecule has 2 atom stereocenters. The predicted molar refractivity (Wildman–Crippen MR) is 44.3 cm³/mol. The highest BCUT2D eigenvalue weighted by atomic mass is 16.3. The van der Waals surface area contributed by atoms with Crippen LogP contribution in [-0.4, -0.2) is 21.9 Å². The van der Waals surface area contributed by atoms with E-state index in [1.54, 1.807) is 0 Å². The van der Waals surface area contributed by atoms with Crippen LogP contribution in [-0.2, 0) is 0 Å². The molecule has 1 aliphatic carbocycles. The maximum absolute atomic E-state index is 9.91. The zero-order valence-electron chi connectivity index (χ0n) is 7.59. The predicted octanol–water partition coefficient (Wildman–Crippen LogP) is 1.31. The van der Waals surface area contributed by atoms with Crippen molar-refractivity contribution < 1.29 is 10.2 Å². The Morgan fingerprint density at radius 2 is 1.82 bits per heavy atom. The summed E-state index contributed by atoms with van der Waals surface area (Å²) in [4.78, 5) is 0. The maximum atomic E-state index is 9.91. The van der Waals surface area contributed by atoms with E-state index in [0.29, 0.717) is 6.42 Å². The Balaban J connectivity index is 2.72. The number of hydrogen-bond acceptors (Lipinski definition) is 2. The van der Waals surface area contributed by atoms with Crippen molar-refractivity contribution in [1.29, 1.82) is 0 Å². The van der Waals surface area contributed by atoms with Crippen LogP contribution in [0.2, 0.25) is 0 Å². The molecule has 0 saturated heterocycles. The fourth-order valence-corrected chi connectivity index (χ4v) is 1.63. The van der Waals surface area contributed by atoms with Crippen molar-refractivity contribution >= 4 is 0 Å². The summed E-state index contributed by atoms with van der Waals surface area (Å²) in [5.41, 5.74) is -0.753. The summed E-state index contributed by atoms with van der Waals surface area (Å²) in [6, 6.07) is 0. The lowest BCUT2D eigenvalue weighted by Gasteiger charge is -2.45. The number of aliphatic hydroxyl groups excluding tert-OH is 1. The molecule has 2 heteroatoms. The van der Waals surface area contributed by atoms with E-state index >= 15 is 0 Å². The van der Waals surface area contributed by atoms with E-state index in [1.165, 1.54) is 0 Å². The summed E-state index contributed by atoms with van der Waals surface area (Å²) < 4.78 is 0. The van der Waals surface area contributed by atoms with Crippen molar-refractivity contribution in [1.82, 2.24) is 0 Å². The van der Waals surface area contributed by atoms with Crippen molar-refractivity contribution in [3.63, 3.8) is 0 Å². The SMILES string of the molecule is CC1(C)CC[C@H](O)C[C@]1(C)O. The first-order valence-corrected chi connectivity index (χ1v) is 4.26. The molecular weight excluding hydrogens is 140 g/mol. The summed E-state index contributed by atoms with van der Waals surface area (Å²) in [6.45, 7) is 5.92. The smallest absolute Gasteiger partial charge is 0.0695 e. The molecule has 66 valence electrons. The topological polar surface area (TPSA) is 40.5 Å². The van der Waals surface area contributed by atoms with Gasteiger partial charge >= 0.3 is 0 Å². The molecule has 0 aromatic rings. The third-order valence-corrected chi connectivity index (χ3v) is 3.19. The zero-order chi connectivity index (χ0) is 8.70. The summed E-state index contributed by atoms with van der Waals surface area (Å²) >= 11 is 0. The van der Waals surface area contributed by atoms with Gasteiger partial charge in [-0.1, -0.05) is 13.8 Å². The van der Waals surface area contributed by atoms with Crippen molar-refractivity contribution in [2.45, 2.75) is 51.7 Å². The van der Waals surface area contributed by atoms with Crippen LogP contribution in [0.25, 0.3) is 0 Å². The van der Waals surface area contributed by atoms with E-state index in [9.17, 15) is 10.2 Å². The van der Waals surface area contributed by atoms with Gasteiger partial charge in [0.2, 0.25) is 0 Å². The molecule has 0 aliphatic heterocycles. The summed E-state index contributed by atoms with van der Waals surface area (Å²) in [5, 5.41) is 19.2. The number of hydrogen-bond donors (Lipinski definition) is 2. The summed E-state index contributed by atoms with van der Waals surface area (Å²) in [5.74, 6) is 0. The molecule has 1 aliphatic rings. The molecular formula is C9H18O2. The highest BCUT2D eigenvalue weighted by molar-refractivity contribution is 4.95. The second-order valence-corrected chi connectivity index (χ2v) is 4.55. The molecule has 0 unspecified atom stereocenters. The van der Waals surface area contributed by atoms with E-state index in [1.807, 2.05) is 6.92 Å². The normalized spacial score (nSPS) is 43.9. The average Bonchev–Trinajstić information content (AvgIpc) is 1.80. The molecule has 1 saturated carbocycles. The second kappa shape index (κ2) is 2.46. The van der Waals surface area contributed by atoms with Gasteiger partial charge in [-0.3, -0.25) is 0 Å². The molecule has 2 nitrogen and oxygen atoms in total. The third kappa shape index (κ3) is 1.57. The Bertz CT molecular complexity index is 150. The molecule has 0 radical (unpaired) electrons. The summed E-state index contributed by atoms with van der Waals surface area (Å²) in [7, 11) is 0. The third-order valence-electron chi connectivity index (χ3n) is 3.19. The van der Waals surface area contributed by atoms with Crippen LogP contribution in [0.4, 0.5) is 0 Å². The van der Waals surface area contributed by atoms with E-state index in [-0.39, 0.29) is 11.5 Å². The van der Waals surface area contributed by atoms with Gasteiger partial charge < -0.3 is 10.2 Å². The van der Waals surface area contributed by atoms with Gasteiger partial charge in [-0.2, -0.15) is 0 Å². The van der Waals surface area contributed by atoms with Gasteiger partial charge in [0.15, 0.2) is 0 Å². The van der Waals surface area contributed by atoms with Crippen LogP contribution in [0.1, 0.15) is 40.0 Å². The van der Waals surface area contributed by atoms with Crippen LogP contribution in [0.15, 0.2) is 0 Å². The minimum Gasteiger partial charge on any atom is -0.393 e. The molecule has 2 N–H and O–H groups in total. The highest BCUT2D eigenvalue weighted by Gasteiger charge is 2.43. The van der Waals surface area contributed by atoms with Gasteiger partial charge in [0.05, 0.1) is 11.7 Å². The zero-order valence-corrected chi connectivity index (χ0v) is 7.59. The number of rotatable bonds is 0. The van der Waals surface area contributed by atoms with Crippen molar-refractivity contribution in [3.8, 4) is 0 Å². The molecule has 0 heterocycles. The van der Waals surface area contributed by atoms with Crippen LogP contribution in [0.5, 0.6) is 0 Å².